The van der Waals surface area contributed by atoms with Gasteiger partial charge < -0.3 is 0 Å². The van der Waals surface area contributed by atoms with Crippen LogP contribution in [0.15, 0.2) is 0 Å². The van der Waals surface area contributed by atoms with Gasteiger partial charge in [0.15, 0.2) is 0 Å². The van der Waals surface area contributed by atoms with Crippen LogP contribution in [0.5, 0.6) is 0 Å². The normalized spacial score (nSPS) is 42.9. The van der Waals surface area contributed by atoms with Crippen molar-refractivity contribution in [1.29, 1.82) is 5.26 Å². The molecule has 0 aromatic rings. The van der Waals surface area contributed by atoms with E-state index in [0.29, 0.717) is 5.41 Å². The van der Waals surface area contributed by atoms with Crippen molar-refractivity contribution in [1.82, 2.24) is 0 Å². The van der Waals surface area contributed by atoms with Crippen LogP contribution in [-0.2, 0) is 0 Å². The topological polar surface area (TPSA) is 23.8 Å². The largest absolute Gasteiger partial charge is 0.198 e. The lowest BCUT2D eigenvalue weighted by atomic mass is 9.45. The van der Waals surface area contributed by atoms with Gasteiger partial charge in [-0.05, 0) is 42.4 Å². The predicted molar refractivity (Wildman–Crippen MR) is 48.3 cm³/mol. The molecular weight excluding hydrogens is 146 g/mol. The third-order valence-electron chi connectivity index (χ3n) is 4.35. The Hall–Kier alpha value is -0.510. The first-order valence-corrected chi connectivity index (χ1v) is 5.03. The van der Waals surface area contributed by atoms with E-state index in [0.717, 1.165) is 24.2 Å². The fourth-order valence-corrected chi connectivity index (χ4v) is 3.32. The van der Waals surface area contributed by atoms with Crippen molar-refractivity contribution in [2.45, 2.75) is 39.5 Å². The Labute approximate surface area is 74.8 Å². The number of hydrogen-bond donors (Lipinski definition) is 0. The zero-order chi connectivity index (χ0) is 8.77. The Balaban J connectivity index is 2.07. The van der Waals surface area contributed by atoms with Crippen LogP contribution < -0.4 is 0 Å². The molecule has 0 unspecified atom stereocenters. The molecule has 3 atom stereocenters. The highest BCUT2D eigenvalue weighted by Crippen LogP contribution is 2.61. The lowest BCUT2D eigenvalue weighted by Gasteiger charge is -2.60. The second kappa shape index (κ2) is 2.49. The van der Waals surface area contributed by atoms with Gasteiger partial charge in [-0.3, -0.25) is 0 Å². The highest BCUT2D eigenvalue weighted by atomic mass is 14.6. The van der Waals surface area contributed by atoms with Crippen molar-refractivity contribution in [2.24, 2.45) is 23.2 Å². The molecule has 0 aromatic carbocycles. The standard InChI is InChI=1S/C11H17N/c1-11(2)9-4-3-8(5-6-12)10(11)7-9/h8-10H,3-5,7H2,1-2H3/t8-,9-,10-/m1/s1. The molecule has 3 aliphatic carbocycles. The monoisotopic (exact) mass is 163 g/mol. The van der Waals surface area contributed by atoms with Crippen molar-refractivity contribution in [3.05, 3.63) is 0 Å². The zero-order valence-corrected chi connectivity index (χ0v) is 8.01. The van der Waals surface area contributed by atoms with E-state index in [1.807, 2.05) is 0 Å². The van der Waals surface area contributed by atoms with Crippen LogP contribution >= 0.6 is 0 Å². The molecule has 0 radical (unpaired) electrons. The van der Waals surface area contributed by atoms with E-state index in [1.165, 1.54) is 19.3 Å². The third kappa shape index (κ3) is 0.905. The maximum absolute atomic E-state index is 8.67. The summed E-state index contributed by atoms with van der Waals surface area (Å²) in [4.78, 5) is 0. The lowest BCUT2D eigenvalue weighted by Crippen LogP contribution is -2.52. The molecule has 0 spiro atoms. The van der Waals surface area contributed by atoms with Gasteiger partial charge in [0.1, 0.15) is 0 Å². The van der Waals surface area contributed by atoms with E-state index in [1.54, 1.807) is 0 Å². The van der Waals surface area contributed by atoms with Crippen LogP contribution in [0.3, 0.4) is 0 Å². The van der Waals surface area contributed by atoms with E-state index >= 15 is 0 Å². The number of nitrogens with zero attached hydrogens (tertiary/aromatic N) is 1. The van der Waals surface area contributed by atoms with Crippen LogP contribution in [0.2, 0.25) is 0 Å². The van der Waals surface area contributed by atoms with Crippen LogP contribution in [0.4, 0.5) is 0 Å². The molecule has 1 heteroatoms. The fourth-order valence-electron chi connectivity index (χ4n) is 3.32. The maximum Gasteiger partial charge on any atom is 0.0624 e. The molecule has 12 heavy (non-hydrogen) atoms. The Kier molecular flexibility index (Phi) is 1.68. The highest BCUT2D eigenvalue weighted by Gasteiger charge is 2.53. The van der Waals surface area contributed by atoms with E-state index in [2.05, 4.69) is 19.9 Å². The van der Waals surface area contributed by atoms with Crippen molar-refractivity contribution < 1.29 is 0 Å². The number of rotatable bonds is 1. The number of fused-ring (bicyclic) bond motifs is 2. The van der Waals surface area contributed by atoms with Crippen LogP contribution in [0.1, 0.15) is 39.5 Å². The van der Waals surface area contributed by atoms with Gasteiger partial charge in [-0.15, -0.1) is 0 Å². The minimum atomic E-state index is 0.555. The van der Waals surface area contributed by atoms with Crippen molar-refractivity contribution in [3.8, 4) is 6.07 Å². The van der Waals surface area contributed by atoms with Gasteiger partial charge in [0.2, 0.25) is 0 Å². The van der Waals surface area contributed by atoms with Crippen molar-refractivity contribution in [2.75, 3.05) is 0 Å². The van der Waals surface area contributed by atoms with Gasteiger partial charge in [-0.25, -0.2) is 0 Å². The maximum atomic E-state index is 8.67. The third-order valence-corrected chi connectivity index (χ3v) is 4.35. The molecule has 0 aliphatic heterocycles. The van der Waals surface area contributed by atoms with E-state index in [4.69, 9.17) is 5.26 Å². The summed E-state index contributed by atoms with van der Waals surface area (Å²) in [5.41, 5.74) is 0.555. The molecule has 3 aliphatic rings. The van der Waals surface area contributed by atoms with Crippen molar-refractivity contribution >= 4 is 0 Å². The molecule has 0 aromatic heterocycles. The van der Waals surface area contributed by atoms with E-state index < -0.39 is 0 Å². The Morgan fingerprint density at radius 2 is 2.17 bits per heavy atom. The summed E-state index contributed by atoms with van der Waals surface area (Å²) in [6, 6.07) is 2.33. The van der Waals surface area contributed by atoms with Crippen LogP contribution in [0, 0.1) is 34.5 Å². The quantitative estimate of drug-likeness (QED) is 0.583. The molecule has 2 bridgehead atoms. The Bertz CT molecular complexity index is 222. The van der Waals surface area contributed by atoms with Crippen LogP contribution in [0.25, 0.3) is 0 Å². The molecule has 3 fully saturated rings. The average Bonchev–Trinajstić information content (AvgIpc) is 2.05. The van der Waals surface area contributed by atoms with Gasteiger partial charge in [0.25, 0.3) is 0 Å². The van der Waals surface area contributed by atoms with E-state index in [-0.39, 0.29) is 0 Å². The number of nitriles is 1. The van der Waals surface area contributed by atoms with Gasteiger partial charge in [-0.1, -0.05) is 13.8 Å². The molecule has 0 heterocycles. The summed E-state index contributed by atoms with van der Waals surface area (Å²) < 4.78 is 0. The molecule has 0 N–H and O–H groups in total. The SMILES string of the molecule is CC1(C)[C@@H]2CC[C@H](CC#N)[C@H]1C2. The Morgan fingerprint density at radius 1 is 1.42 bits per heavy atom. The van der Waals surface area contributed by atoms with Crippen molar-refractivity contribution in [3.63, 3.8) is 0 Å². The highest BCUT2D eigenvalue weighted by molar-refractivity contribution is 5.04. The molecule has 3 saturated carbocycles. The molecular formula is C11H17N. The molecule has 1 nitrogen and oxygen atoms in total. The molecule has 0 amide bonds. The molecule has 66 valence electrons. The van der Waals surface area contributed by atoms with Gasteiger partial charge in [0, 0.05) is 6.42 Å². The molecule has 3 rings (SSSR count). The second-order valence-electron chi connectivity index (χ2n) is 5.06. The summed E-state index contributed by atoms with van der Waals surface area (Å²) in [7, 11) is 0. The first-order chi connectivity index (χ1) is 5.66. The van der Waals surface area contributed by atoms with Gasteiger partial charge in [0.05, 0.1) is 6.07 Å². The minimum Gasteiger partial charge on any atom is -0.198 e. The minimum absolute atomic E-state index is 0.555. The summed E-state index contributed by atoms with van der Waals surface area (Å²) in [6.07, 6.45) is 4.88. The summed E-state index contributed by atoms with van der Waals surface area (Å²) in [6.45, 7) is 4.77. The summed E-state index contributed by atoms with van der Waals surface area (Å²) >= 11 is 0. The van der Waals surface area contributed by atoms with Gasteiger partial charge in [-0.2, -0.15) is 5.26 Å². The van der Waals surface area contributed by atoms with E-state index in [9.17, 15) is 0 Å². The first-order valence-electron chi connectivity index (χ1n) is 5.03. The van der Waals surface area contributed by atoms with Crippen LogP contribution in [-0.4, -0.2) is 0 Å². The zero-order valence-electron chi connectivity index (χ0n) is 8.01. The second-order valence-corrected chi connectivity index (χ2v) is 5.06. The average molecular weight is 163 g/mol. The first kappa shape index (κ1) is 8.10. The number of hydrogen-bond acceptors (Lipinski definition) is 1. The summed E-state index contributed by atoms with van der Waals surface area (Å²) in [5.74, 6) is 2.54. The Morgan fingerprint density at radius 3 is 2.67 bits per heavy atom. The lowest BCUT2D eigenvalue weighted by molar-refractivity contribution is -0.103. The fraction of sp³-hybridized carbons (Fsp3) is 0.909. The molecule has 0 saturated heterocycles. The summed E-state index contributed by atoms with van der Waals surface area (Å²) in [5, 5.41) is 8.67. The smallest absolute Gasteiger partial charge is 0.0624 e. The predicted octanol–water partition coefficient (Wildman–Crippen LogP) is 2.97. The van der Waals surface area contributed by atoms with Gasteiger partial charge >= 0.3 is 0 Å².